The number of rotatable bonds is 4. The number of hydrogen-bond donors (Lipinski definition) is 1. The summed E-state index contributed by atoms with van der Waals surface area (Å²) in [5.74, 6) is 0. The van der Waals surface area contributed by atoms with Gasteiger partial charge in [-0.15, -0.1) is 0 Å². The molecule has 0 radical (unpaired) electrons. The Morgan fingerprint density at radius 2 is 2.35 bits per heavy atom. The van der Waals surface area contributed by atoms with Gasteiger partial charge in [-0.3, -0.25) is 4.90 Å². The molecular formula is C12H22N4O. The Morgan fingerprint density at radius 3 is 3.12 bits per heavy atom. The van der Waals surface area contributed by atoms with Crippen LogP contribution >= 0.6 is 0 Å². The number of nitrogens with zero attached hydrogens (tertiary/aromatic N) is 3. The van der Waals surface area contributed by atoms with Gasteiger partial charge in [-0.05, 0) is 13.3 Å². The number of imidazole rings is 1. The number of aryl methyl sites for hydroxylation is 1. The second kappa shape index (κ2) is 6.14. The largest absolute Gasteiger partial charge is 0.380 e. The summed E-state index contributed by atoms with van der Waals surface area (Å²) in [6.45, 7) is 7.37. The molecular weight excluding hydrogens is 216 g/mol. The Labute approximate surface area is 103 Å². The number of aromatic nitrogens is 2. The number of nitrogens with two attached hydrogens (primary N) is 1. The highest BCUT2D eigenvalue weighted by Gasteiger charge is 2.22. The maximum atomic E-state index is 5.95. The van der Waals surface area contributed by atoms with Crippen molar-refractivity contribution < 1.29 is 4.74 Å². The molecule has 1 aliphatic rings. The first kappa shape index (κ1) is 12.5. The van der Waals surface area contributed by atoms with Gasteiger partial charge in [-0.2, -0.15) is 0 Å². The molecule has 0 aliphatic carbocycles. The zero-order valence-corrected chi connectivity index (χ0v) is 10.5. The fourth-order valence-electron chi connectivity index (χ4n) is 2.41. The van der Waals surface area contributed by atoms with Crippen LogP contribution in [0.5, 0.6) is 0 Å². The maximum Gasteiger partial charge on any atom is 0.0948 e. The SMILES string of the molecule is CCn1cncc1C(CN)N1CCCOCC1. The molecule has 1 aromatic heterocycles. The molecule has 5 nitrogen and oxygen atoms in total. The molecule has 0 aromatic carbocycles. The van der Waals surface area contributed by atoms with Gasteiger partial charge in [-0.25, -0.2) is 4.98 Å². The van der Waals surface area contributed by atoms with E-state index in [1.165, 1.54) is 5.69 Å². The predicted molar refractivity (Wildman–Crippen MR) is 66.7 cm³/mol. The van der Waals surface area contributed by atoms with Crippen LogP contribution in [0.2, 0.25) is 0 Å². The molecule has 1 aromatic rings. The molecule has 0 amide bonds. The summed E-state index contributed by atoms with van der Waals surface area (Å²) in [7, 11) is 0. The minimum absolute atomic E-state index is 0.263. The molecule has 2 heterocycles. The van der Waals surface area contributed by atoms with Gasteiger partial charge in [0.25, 0.3) is 0 Å². The second-order valence-electron chi connectivity index (χ2n) is 4.36. The fraction of sp³-hybridized carbons (Fsp3) is 0.750. The molecule has 0 saturated carbocycles. The van der Waals surface area contributed by atoms with Crippen molar-refractivity contribution in [2.45, 2.75) is 25.9 Å². The van der Waals surface area contributed by atoms with Crippen molar-refractivity contribution >= 4 is 0 Å². The minimum Gasteiger partial charge on any atom is -0.380 e. The highest BCUT2D eigenvalue weighted by Crippen LogP contribution is 2.20. The summed E-state index contributed by atoms with van der Waals surface area (Å²) in [6.07, 6.45) is 4.90. The van der Waals surface area contributed by atoms with Gasteiger partial charge in [0, 0.05) is 39.0 Å². The van der Waals surface area contributed by atoms with Crippen molar-refractivity contribution in [3.8, 4) is 0 Å². The molecule has 1 fully saturated rings. The molecule has 1 unspecified atom stereocenters. The predicted octanol–water partition coefficient (Wildman–Crippen LogP) is 0.625. The lowest BCUT2D eigenvalue weighted by Gasteiger charge is -2.29. The minimum atomic E-state index is 0.263. The third-order valence-corrected chi connectivity index (χ3v) is 3.35. The average molecular weight is 238 g/mol. The third-order valence-electron chi connectivity index (χ3n) is 3.35. The quantitative estimate of drug-likeness (QED) is 0.835. The van der Waals surface area contributed by atoms with E-state index in [0.717, 1.165) is 39.3 Å². The molecule has 1 atom stereocenters. The van der Waals surface area contributed by atoms with Crippen LogP contribution in [-0.2, 0) is 11.3 Å². The van der Waals surface area contributed by atoms with Crippen LogP contribution in [0.25, 0.3) is 0 Å². The van der Waals surface area contributed by atoms with Crippen LogP contribution in [-0.4, -0.2) is 47.3 Å². The normalized spacial score (nSPS) is 20.1. The van der Waals surface area contributed by atoms with E-state index in [4.69, 9.17) is 10.5 Å². The number of ether oxygens (including phenoxy) is 1. The maximum absolute atomic E-state index is 5.95. The number of hydrogen-bond acceptors (Lipinski definition) is 4. The molecule has 2 rings (SSSR count). The van der Waals surface area contributed by atoms with Gasteiger partial charge >= 0.3 is 0 Å². The van der Waals surface area contributed by atoms with Gasteiger partial charge in [0.1, 0.15) is 0 Å². The standard InChI is InChI=1S/C12H22N4O/c1-2-15-10-14-9-12(15)11(8-13)16-4-3-6-17-7-5-16/h9-11H,2-8,13H2,1H3. The lowest BCUT2D eigenvalue weighted by molar-refractivity contribution is 0.131. The first-order chi connectivity index (χ1) is 8.36. The highest BCUT2D eigenvalue weighted by atomic mass is 16.5. The molecule has 2 N–H and O–H groups in total. The highest BCUT2D eigenvalue weighted by molar-refractivity contribution is 5.06. The topological polar surface area (TPSA) is 56.3 Å². The van der Waals surface area contributed by atoms with Crippen molar-refractivity contribution in [3.05, 3.63) is 18.2 Å². The van der Waals surface area contributed by atoms with E-state index in [1.54, 1.807) is 0 Å². The van der Waals surface area contributed by atoms with Crippen LogP contribution < -0.4 is 5.73 Å². The van der Waals surface area contributed by atoms with E-state index in [9.17, 15) is 0 Å². The zero-order valence-electron chi connectivity index (χ0n) is 10.5. The third kappa shape index (κ3) is 2.86. The average Bonchev–Trinajstić information content (AvgIpc) is 2.65. The van der Waals surface area contributed by atoms with Crippen molar-refractivity contribution in [3.63, 3.8) is 0 Å². The van der Waals surface area contributed by atoms with E-state index < -0.39 is 0 Å². The molecule has 96 valence electrons. The van der Waals surface area contributed by atoms with Crippen molar-refractivity contribution in [2.75, 3.05) is 32.8 Å². The molecule has 1 aliphatic heterocycles. The second-order valence-corrected chi connectivity index (χ2v) is 4.36. The smallest absolute Gasteiger partial charge is 0.0948 e. The first-order valence-electron chi connectivity index (χ1n) is 6.38. The zero-order chi connectivity index (χ0) is 12.1. The van der Waals surface area contributed by atoms with Crippen LogP contribution in [0.15, 0.2) is 12.5 Å². The van der Waals surface area contributed by atoms with E-state index in [2.05, 4.69) is 21.4 Å². The summed E-state index contributed by atoms with van der Waals surface area (Å²) < 4.78 is 7.66. The van der Waals surface area contributed by atoms with Gasteiger partial charge in [0.05, 0.1) is 24.7 Å². The van der Waals surface area contributed by atoms with Crippen LogP contribution in [0, 0.1) is 0 Å². The van der Waals surface area contributed by atoms with Gasteiger partial charge in [0.15, 0.2) is 0 Å². The lowest BCUT2D eigenvalue weighted by Crippen LogP contribution is -2.36. The Kier molecular flexibility index (Phi) is 4.53. The van der Waals surface area contributed by atoms with Gasteiger partial charge in [0.2, 0.25) is 0 Å². The van der Waals surface area contributed by atoms with Crippen LogP contribution in [0.3, 0.4) is 0 Å². The Hall–Kier alpha value is -0.910. The molecule has 17 heavy (non-hydrogen) atoms. The summed E-state index contributed by atoms with van der Waals surface area (Å²) in [4.78, 5) is 6.64. The van der Waals surface area contributed by atoms with Crippen molar-refractivity contribution in [1.82, 2.24) is 14.5 Å². The lowest BCUT2D eigenvalue weighted by atomic mass is 10.1. The van der Waals surface area contributed by atoms with Gasteiger partial charge < -0.3 is 15.0 Å². The van der Waals surface area contributed by atoms with Crippen molar-refractivity contribution in [2.24, 2.45) is 5.73 Å². The van der Waals surface area contributed by atoms with Gasteiger partial charge in [-0.1, -0.05) is 0 Å². The van der Waals surface area contributed by atoms with Crippen molar-refractivity contribution in [1.29, 1.82) is 0 Å². The first-order valence-corrected chi connectivity index (χ1v) is 6.38. The van der Waals surface area contributed by atoms with Crippen LogP contribution in [0.4, 0.5) is 0 Å². The summed E-state index contributed by atoms with van der Waals surface area (Å²) >= 11 is 0. The van der Waals surface area contributed by atoms with E-state index >= 15 is 0 Å². The summed E-state index contributed by atoms with van der Waals surface area (Å²) in [5, 5.41) is 0. The van der Waals surface area contributed by atoms with E-state index in [-0.39, 0.29) is 6.04 Å². The van der Waals surface area contributed by atoms with E-state index in [0.29, 0.717) is 6.54 Å². The molecule has 0 bridgehead atoms. The Bertz CT molecular complexity index is 331. The van der Waals surface area contributed by atoms with Crippen LogP contribution in [0.1, 0.15) is 25.1 Å². The molecule has 1 saturated heterocycles. The summed E-state index contributed by atoms with van der Waals surface area (Å²) in [6, 6.07) is 0.263. The van der Waals surface area contributed by atoms with E-state index in [1.807, 2.05) is 12.5 Å². The molecule has 0 spiro atoms. The fourth-order valence-corrected chi connectivity index (χ4v) is 2.41. The monoisotopic (exact) mass is 238 g/mol. The Morgan fingerprint density at radius 1 is 1.47 bits per heavy atom. The Balaban J connectivity index is 2.14. The summed E-state index contributed by atoms with van der Waals surface area (Å²) in [5.41, 5.74) is 7.17. The molecule has 5 heteroatoms.